The monoisotopic (exact) mass is 550 g/mol. The summed E-state index contributed by atoms with van der Waals surface area (Å²) in [7, 11) is 0. The normalized spacial score (nSPS) is 13.2. The summed E-state index contributed by atoms with van der Waals surface area (Å²) in [4.78, 5) is 17.9. The molecule has 0 spiro atoms. The first-order valence-electron chi connectivity index (χ1n) is 10.2. The van der Waals surface area contributed by atoms with Crippen LogP contribution >= 0.6 is 34.8 Å². The van der Waals surface area contributed by atoms with Gasteiger partial charge in [-0.05, 0) is 38.0 Å². The van der Waals surface area contributed by atoms with Gasteiger partial charge in [-0.25, -0.2) is 25.0 Å². The zero-order valence-electron chi connectivity index (χ0n) is 20.6. The molecular weight excluding hydrogens is 518 g/mol. The van der Waals surface area contributed by atoms with E-state index in [1.54, 1.807) is 24.3 Å². The van der Waals surface area contributed by atoms with Crippen LogP contribution in [0.1, 0.15) is 51.6 Å². The zero-order valence-corrected chi connectivity index (χ0v) is 26.0. The van der Waals surface area contributed by atoms with E-state index in [0.29, 0.717) is 20.8 Å². The molecule has 8 heteroatoms. The molecule has 2 rings (SSSR count). The fourth-order valence-corrected chi connectivity index (χ4v) is 3.12. The predicted molar refractivity (Wildman–Crippen MR) is 144 cm³/mol. The molecule has 2 N–H and O–H groups in total. The largest absolute Gasteiger partial charge is 1.00 e. The van der Waals surface area contributed by atoms with E-state index < -0.39 is 0 Å². The molecule has 1 fully saturated rings. The third-order valence-electron chi connectivity index (χ3n) is 4.33. The van der Waals surface area contributed by atoms with Gasteiger partial charge in [0.05, 0.1) is 11.1 Å². The van der Waals surface area contributed by atoms with Crippen LogP contribution in [0.4, 0.5) is 0 Å². The van der Waals surface area contributed by atoms with Gasteiger partial charge in [-0.1, -0.05) is 60.4 Å². The molecule has 1 saturated heterocycles. The third-order valence-corrected chi connectivity index (χ3v) is 5.34. The van der Waals surface area contributed by atoms with Gasteiger partial charge in [0, 0.05) is 28.7 Å². The van der Waals surface area contributed by atoms with Crippen molar-refractivity contribution in [2.24, 2.45) is 0 Å². The van der Waals surface area contributed by atoms with Crippen molar-refractivity contribution < 1.29 is 61.0 Å². The van der Waals surface area contributed by atoms with Gasteiger partial charge in [0.2, 0.25) is 5.91 Å². The Kier molecular flexibility index (Phi) is 25.6. The van der Waals surface area contributed by atoms with Crippen molar-refractivity contribution >= 4 is 47.5 Å². The molecule has 4 nitrogen and oxygen atoms in total. The van der Waals surface area contributed by atoms with Crippen molar-refractivity contribution in [1.82, 2.24) is 10.6 Å². The van der Waals surface area contributed by atoms with E-state index in [0.717, 1.165) is 42.5 Å². The van der Waals surface area contributed by atoms with Gasteiger partial charge in [-0.3, -0.25) is 11.6 Å². The minimum Gasteiger partial charge on any atom is -0.545 e. The molecule has 0 radical (unpaired) electrons. The average Bonchev–Trinajstić information content (AvgIpc) is 3.26. The summed E-state index contributed by atoms with van der Waals surface area (Å²) in [6.07, 6.45) is 6.14. The topological polar surface area (TPSA) is 58.2 Å². The van der Waals surface area contributed by atoms with Crippen molar-refractivity contribution in [3.05, 3.63) is 94.8 Å². The van der Waals surface area contributed by atoms with Gasteiger partial charge in [0.1, 0.15) is 0 Å². The molecule has 0 aromatic heterocycles. The molecule has 34 heavy (non-hydrogen) atoms. The van der Waals surface area contributed by atoms with Crippen molar-refractivity contribution in [2.75, 3.05) is 6.54 Å². The second kappa shape index (κ2) is 22.9. The minimum absolute atomic E-state index is 0. The van der Waals surface area contributed by atoms with E-state index in [9.17, 15) is 4.79 Å². The fourth-order valence-electron chi connectivity index (χ4n) is 2.49. The Morgan fingerprint density at radius 1 is 1.32 bits per heavy atom. The van der Waals surface area contributed by atoms with Crippen LogP contribution in [0, 0.1) is 13.8 Å². The van der Waals surface area contributed by atoms with Crippen LogP contribution < -0.4 is 62.0 Å². The zero-order chi connectivity index (χ0) is 26.0. The van der Waals surface area contributed by atoms with Gasteiger partial charge < -0.3 is 22.4 Å². The fraction of sp³-hybridized carbons (Fsp3) is 0.308. The number of benzene rings is 1. The van der Waals surface area contributed by atoms with Crippen molar-refractivity contribution in [2.45, 2.75) is 46.1 Å². The Hall–Kier alpha value is -0.504. The first kappa shape index (κ1) is 38.0. The second-order valence-electron chi connectivity index (χ2n) is 6.86. The van der Waals surface area contributed by atoms with Crippen molar-refractivity contribution in [3.8, 4) is 0 Å². The van der Waals surface area contributed by atoms with Crippen LogP contribution in [-0.4, -0.2) is 19.2 Å². The molecule has 1 heterocycles. The van der Waals surface area contributed by atoms with E-state index in [1.807, 2.05) is 26.8 Å². The summed E-state index contributed by atoms with van der Waals surface area (Å²) < 4.78 is 0. The molecule has 0 aliphatic carbocycles. The van der Waals surface area contributed by atoms with Crippen LogP contribution in [0.25, 0.3) is 0 Å². The number of carbonyl (C=O) groups is 1. The Morgan fingerprint density at radius 3 is 2.21 bits per heavy atom. The molecule has 184 valence electrons. The minimum atomic E-state index is 0. The smallest absolute Gasteiger partial charge is 0.545 e. The van der Waals surface area contributed by atoms with Gasteiger partial charge >= 0.3 is 51.4 Å². The van der Waals surface area contributed by atoms with Gasteiger partial charge in [-0.2, -0.15) is 0 Å². The molecule has 1 aromatic carbocycles. The standard InChI is InChI=1S/C13H14Cl3N.C8H12.C4H7NO.CHO.K/c1-4-12(15)9(3)17-8(2)11-6-5-10(14)7-13(11)16;1-5-8(6-2)7(3)4;6-4-2-1-3-5-4;1-2;/h4-8,17H,3H2,1-2H3;5H,1-3,6H2,4H3;1-3H2,(H,5,6);1H;/q;-2;;-1;+1/b12-4+;8-5+;;;. The van der Waals surface area contributed by atoms with Crippen LogP contribution in [0.3, 0.4) is 0 Å². The molecular formula is C26H34Cl3KN2O2-2. The summed E-state index contributed by atoms with van der Waals surface area (Å²) in [6, 6.07) is 5.43. The van der Waals surface area contributed by atoms with E-state index in [1.165, 1.54) is 0 Å². The van der Waals surface area contributed by atoms with E-state index in [2.05, 4.69) is 44.4 Å². The number of hydrogen-bond donors (Lipinski definition) is 2. The van der Waals surface area contributed by atoms with Gasteiger partial charge in [-0.15, -0.1) is 12.2 Å². The van der Waals surface area contributed by atoms with E-state index in [-0.39, 0.29) is 63.3 Å². The Morgan fingerprint density at radius 2 is 1.91 bits per heavy atom. The quantitative estimate of drug-likeness (QED) is 0.237. The SMILES string of the molecule is C=C(C)/C(=C/[CH2-])C[CH2-].C=C(NC(C)c1ccc(Cl)cc1Cl)/C(Cl)=C\C.O=C1CCCN1.[CH-]=O.[K+]. The summed E-state index contributed by atoms with van der Waals surface area (Å²) in [5.41, 5.74) is 3.84. The van der Waals surface area contributed by atoms with Crippen LogP contribution in [0.15, 0.2) is 65.4 Å². The molecule has 1 atom stereocenters. The Labute approximate surface area is 263 Å². The maximum absolute atomic E-state index is 10.1. The van der Waals surface area contributed by atoms with Gasteiger partial charge in [0.15, 0.2) is 0 Å². The van der Waals surface area contributed by atoms with Gasteiger partial charge in [0.25, 0.3) is 0 Å². The van der Waals surface area contributed by atoms with E-state index >= 15 is 0 Å². The number of halogens is 3. The second-order valence-corrected chi connectivity index (χ2v) is 8.11. The maximum Gasteiger partial charge on any atom is 1.00 e. The van der Waals surface area contributed by atoms with Crippen molar-refractivity contribution in [1.29, 1.82) is 0 Å². The molecule has 1 aliphatic rings. The van der Waals surface area contributed by atoms with E-state index in [4.69, 9.17) is 39.6 Å². The molecule has 0 saturated carbocycles. The first-order valence-corrected chi connectivity index (χ1v) is 11.4. The molecule has 1 aliphatic heterocycles. The summed E-state index contributed by atoms with van der Waals surface area (Å²) >= 11 is 17.9. The molecule has 1 unspecified atom stereocenters. The molecule has 0 bridgehead atoms. The number of allylic oxidation sites excluding steroid dienone is 5. The first-order chi connectivity index (χ1) is 15.6. The molecule has 1 amide bonds. The summed E-state index contributed by atoms with van der Waals surface area (Å²) in [5.74, 6) is 0.204. The number of hydrogen-bond acceptors (Lipinski definition) is 3. The Balaban J connectivity index is -0.000000470. The Bertz CT molecular complexity index is 831. The van der Waals surface area contributed by atoms with Crippen LogP contribution in [0.5, 0.6) is 0 Å². The number of nitrogens with one attached hydrogen (secondary N) is 2. The molecule has 1 aromatic rings. The number of rotatable bonds is 6. The number of carbonyl (C=O) groups excluding carboxylic acids is 2. The van der Waals surface area contributed by atoms with Crippen LogP contribution in [-0.2, 0) is 9.59 Å². The summed E-state index contributed by atoms with van der Waals surface area (Å²) in [5, 5.41) is 7.71. The maximum atomic E-state index is 10.1. The summed E-state index contributed by atoms with van der Waals surface area (Å²) in [6.45, 7) is 24.9. The average molecular weight is 552 g/mol. The number of amides is 1. The van der Waals surface area contributed by atoms with Crippen molar-refractivity contribution in [3.63, 3.8) is 0 Å². The predicted octanol–water partition coefficient (Wildman–Crippen LogP) is 4.47. The third kappa shape index (κ3) is 17.0. The van der Waals surface area contributed by atoms with Crippen LogP contribution in [0.2, 0.25) is 10.0 Å².